The average Bonchev–Trinajstić information content (AvgIpc) is 2.41. The van der Waals surface area contributed by atoms with E-state index in [0.29, 0.717) is 31.3 Å². The Morgan fingerprint density at radius 1 is 1.39 bits per heavy atom. The van der Waals surface area contributed by atoms with Crippen molar-refractivity contribution in [3.63, 3.8) is 0 Å². The first-order valence-corrected chi connectivity index (χ1v) is 6.36. The van der Waals surface area contributed by atoms with Crippen LogP contribution in [0.5, 0.6) is 0 Å². The first-order valence-electron chi connectivity index (χ1n) is 5.55. The Labute approximate surface area is 114 Å². The van der Waals surface area contributed by atoms with E-state index >= 15 is 0 Å². The van der Waals surface area contributed by atoms with Crippen molar-refractivity contribution in [3.05, 3.63) is 34.6 Å². The Morgan fingerprint density at radius 3 is 2.72 bits per heavy atom. The molecule has 1 atom stereocenters. The van der Waals surface area contributed by atoms with E-state index in [2.05, 4.69) is 0 Å². The minimum absolute atomic E-state index is 0.112. The molecule has 0 bridgehead atoms. The summed E-state index contributed by atoms with van der Waals surface area (Å²) in [5.74, 6) is -0.845. The number of benzene rings is 1. The minimum Gasteiger partial charge on any atom is -0.378 e. The predicted molar refractivity (Wildman–Crippen MR) is 67.4 cm³/mol. The zero-order chi connectivity index (χ0) is 13.1. The van der Waals surface area contributed by atoms with E-state index in [0.717, 1.165) is 0 Å². The molecule has 1 aliphatic rings. The normalized spacial score (nSPS) is 17.6. The number of morpholine rings is 1. The second-order valence-corrected chi connectivity index (χ2v) is 4.84. The number of amides is 1. The number of carbonyl (C=O) groups excluding carboxylic acids is 1. The summed E-state index contributed by atoms with van der Waals surface area (Å²) < 4.78 is 18.8. The molecule has 98 valence electrons. The Hall–Kier alpha value is -0.840. The fourth-order valence-corrected chi connectivity index (χ4v) is 2.27. The van der Waals surface area contributed by atoms with Gasteiger partial charge in [-0.15, -0.1) is 11.6 Å². The quantitative estimate of drug-likeness (QED) is 0.784. The van der Waals surface area contributed by atoms with Crippen LogP contribution in [0.15, 0.2) is 18.2 Å². The number of carbonyl (C=O) groups is 1. The summed E-state index contributed by atoms with van der Waals surface area (Å²) in [5.41, 5.74) is 0.112. The van der Waals surface area contributed by atoms with Crippen LogP contribution in [-0.2, 0) is 9.53 Å². The molecule has 1 heterocycles. The van der Waals surface area contributed by atoms with Crippen molar-refractivity contribution in [2.24, 2.45) is 0 Å². The van der Waals surface area contributed by atoms with Gasteiger partial charge in [-0.2, -0.15) is 0 Å². The van der Waals surface area contributed by atoms with Crippen LogP contribution in [0, 0.1) is 5.82 Å². The third kappa shape index (κ3) is 2.94. The summed E-state index contributed by atoms with van der Waals surface area (Å²) in [5, 5.41) is -0.700. The third-order valence-corrected chi connectivity index (χ3v) is 3.43. The van der Waals surface area contributed by atoms with Crippen LogP contribution in [-0.4, -0.2) is 37.1 Å². The van der Waals surface area contributed by atoms with Gasteiger partial charge in [0.2, 0.25) is 5.91 Å². The number of hydrogen-bond donors (Lipinski definition) is 0. The zero-order valence-electron chi connectivity index (χ0n) is 9.54. The molecule has 1 aromatic carbocycles. The summed E-state index contributed by atoms with van der Waals surface area (Å²) in [6.45, 7) is 1.91. The topological polar surface area (TPSA) is 29.5 Å². The van der Waals surface area contributed by atoms with Gasteiger partial charge in [0.05, 0.1) is 13.2 Å². The molecule has 1 aromatic rings. The van der Waals surface area contributed by atoms with Gasteiger partial charge < -0.3 is 9.64 Å². The summed E-state index contributed by atoms with van der Waals surface area (Å²) in [6.07, 6.45) is 0. The summed E-state index contributed by atoms with van der Waals surface area (Å²) >= 11 is 11.8. The first-order chi connectivity index (χ1) is 8.59. The third-order valence-electron chi connectivity index (χ3n) is 2.77. The lowest BCUT2D eigenvalue weighted by atomic mass is 10.1. The van der Waals surface area contributed by atoms with Gasteiger partial charge in [0, 0.05) is 23.7 Å². The van der Waals surface area contributed by atoms with E-state index < -0.39 is 11.2 Å². The lowest BCUT2D eigenvalue weighted by molar-refractivity contribution is -0.135. The maximum atomic E-state index is 13.6. The number of halogens is 3. The van der Waals surface area contributed by atoms with Gasteiger partial charge in [-0.05, 0) is 18.2 Å². The van der Waals surface area contributed by atoms with Gasteiger partial charge in [-0.3, -0.25) is 4.79 Å². The molecule has 0 radical (unpaired) electrons. The Morgan fingerprint density at radius 2 is 2.06 bits per heavy atom. The van der Waals surface area contributed by atoms with Crippen molar-refractivity contribution in [3.8, 4) is 0 Å². The predicted octanol–water partition coefficient (Wildman–Crippen LogP) is 2.62. The molecule has 1 unspecified atom stereocenters. The van der Waals surface area contributed by atoms with Crippen LogP contribution in [0.4, 0.5) is 4.39 Å². The highest BCUT2D eigenvalue weighted by molar-refractivity contribution is 6.32. The molecular formula is C12H12Cl2FNO2. The number of ether oxygens (including phenoxy) is 1. The summed E-state index contributed by atoms with van der Waals surface area (Å²) in [7, 11) is 0. The molecule has 3 nitrogen and oxygen atoms in total. The van der Waals surface area contributed by atoms with Crippen LogP contribution in [0.1, 0.15) is 10.9 Å². The molecule has 0 saturated carbocycles. The van der Waals surface area contributed by atoms with Crippen molar-refractivity contribution >= 4 is 29.1 Å². The molecule has 1 saturated heterocycles. The summed E-state index contributed by atoms with van der Waals surface area (Å²) in [6, 6.07) is 4.01. The van der Waals surface area contributed by atoms with Crippen LogP contribution in [0.3, 0.4) is 0 Å². The SMILES string of the molecule is O=C(C(Cl)c1cc(Cl)ccc1F)N1CCOCC1. The Bertz CT molecular complexity index is 450. The zero-order valence-corrected chi connectivity index (χ0v) is 11.0. The molecule has 6 heteroatoms. The highest BCUT2D eigenvalue weighted by Crippen LogP contribution is 2.28. The van der Waals surface area contributed by atoms with Gasteiger partial charge in [-0.25, -0.2) is 4.39 Å². The molecule has 1 aliphatic heterocycles. The lowest BCUT2D eigenvalue weighted by Crippen LogP contribution is -2.42. The van der Waals surface area contributed by atoms with E-state index in [9.17, 15) is 9.18 Å². The van der Waals surface area contributed by atoms with Crippen LogP contribution in [0.2, 0.25) is 5.02 Å². The molecule has 1 amide bonds. The van der Waals surface area contributed by atoms with Gasteiger partial charge in [0.1, 0.15) is 11.2 Å². The molecule has 2 rings (SSSR count). The molecule has 0 N–H and O–H groups in total. The first kappa shape index (κ1) is 13.6. The summed E-state index contributed by atoms with van der Waals surface area (Å²) in [4.78, 5) is 13.7. The molecule has 0 spiro atoms. The number of rotatable bonds is 2. The van der Waals surface area contributed by atoms with Crippen LogP contribution < -0.4 is 0 Å². The molecule has 18 heavy (non-hydrogen) atoms. The van der Waals surface area contributed by atoms with E-state index in [1.54, 1.807) is 4.90 Å². The van der Waals surface area contributed by atoms with Crippen molar-refractivity contribution in [1.29, 1.82) is 0 Å². The van der Waals surface area contributed by atoms with Gasteiger partial charge in [0.25, 0.3) is 0 Å². The van der Waals surface area contributed by atoms with E-state index in [1.165, 1.54) is 18.2 Å². The minimum atomic E-state index is -1.05. The Kier molecular flexibility index (Phi) is 4.43. The number of nitrogens with zero attached hydrogens (tertiary/aromatic N) is 1. The molecule has 0 aliphatic carbocycles. The number of alkyl halides is 1. The van der Waals surface area contributed by atoms with Crippen molar-refractivity contribution < 1.29 is 13.9 Å². The van der Waals surface area contributed by atoms with Gasteiger partial charge in [-0.1, -0.05) is 11.6 Å². The standard InChI is InChI=1S/C12H12Cl2FNO2/c13-8-1-2-10(15)9(7-8)11(14)12(17)16-3-5-18-6-4-16/h1-2,7,11H,3-6H2. The highest BCUT2D eigenvalue weighted by atomic mass is 35.5. The second-order valence-electron chi connectivity index (χ2n) is 3.97. The average molecular weight is 292 g/mol. The number of hydrogen-bond acceptors (Lipinski definition) is 2. The Balaban J connectivity index is 2.16. The van der Waals surface area contributed by atoms with E-state index in [-0.39, 0.29) is 11.5 Å². The fraction of sp³-hybridized carbons (Fsp3) is 0.417. The van der Waals surface area contributed by atoms with E-state index in [1.807, 2.05) is 0 Å². The fourth-order valence-electron chi connectivity index (χ4n) is 1.79. The smallest absolute Gasteiger partial charge is 0.245 e. The van der Waals surface area contributed by atoms with Crippen molar-refractivity contribution in [2.45, 2.75) is 5.38 Å². The largest absolute Gasteiger partial charge is 0.378 e. The van der Waals surface area contributed by atoms with Crippen molar-refractivity contribution in [1.82, 2.24) is 4.90 Å². The highest BCUT2D eigenvalue weighted by Gasteiger charge is 2.27. The van der Waals surface area contributed by atoms with Gasteiger partial charge >= 0.3 is 0 Å². The molecule has 1 fully saturated rings. The van der Waals surface area contributed by atoms with Crippen molar-refractivity contribution in [2.75, 3.05) is 26.3 Å². The van der Waals surface area contributed by atoms with E-state index in [4.69, 9.17) is 27.9 Å². The molecule has 0 aromatic heterocycles. The van der Waals surface area contributed by atoms with Crippen LogP contribution >= 0.6 is 23.2 Å². The maximum absolute atomic E-state index is 13.6. The monoisotopic (exact) mass is 291 g/mol. The van der Waals surface area contributed by atoms with Gasteiger partial charge in [0.15, 0.2) is 0 Å². The van der Waals surface area contributed by atoms with Crippen LogP contribution in [0.25, 0.3) is 0 Å². The second kappa shape index (κ2) is 5.87. The maximum Gasteiger partial charge on any atom is 0.245 e. The lowest BCUT2D eigenvalue weighted by Gasteiger charge is -2.28. The molecular weight excluding hydrogens is 280 g/mol.